The molecule has 4 rings (SSSR count). The molecule has 0 heterocycles. The van der Waals surface area contributed by atoms with Crippen molar-refractivity contribution < 1.29 is 4.74 Å². The number of ether oxygens (including phenoxy) is 1. The van der Waals surface area contributed by atoms with Gasteiger partial charge in [0.1, 0.15) is 11.8 Å². The van der Waals surface area contributed by atoms with E-state index in [4.69, 9.17) is 4.74 Å². The molecule has 1 atom stereocenters. The standard InChI is InChI=1S/C27H26N2O/c1-17-13-18(2)26(19(3)14-17)29(4)27-22-12-11-21(30-5)15-23(22)24(16-28)25(27)20-9-7-6-8-10-20/h6-15,27H,1-5H3. The Bertz CT molecular complexity index is 1160. The van der Waals surface area contributed by atoms with Crippen molar-refractivity contribution in [1.29, 1.82) is 5.26 Å². The Labute approximate surface area is 178 Å². The summed E-state index contributed by atoms with van der Waals surface area (Å²) in [4.78, 5) is 2.32. The zero-order valence-corrected chi connectivity index (χ0v) is 18.2. The second-order valence-electron chi connectivity index (χ2n) is 7.98. The molecule has 0 amide bonds. The van der Waals surface area contributed by atoms with Crippen LogP contribution >= 0.6 is 0 Å². The van der Waals surface area contributed by atoms with Gasteiger partial charge in [0.15, 0.2) is 0 Å². The van der Waals surface area contributed by atoms with E-state index >= 15 is 0 Å². The maximum atomic E-state index is 10.2. The summed E-state index contributed by atoms with van der Waals surface area (Å²) < 4.78 is 5.46. The summed E-state index contributed by atoms with van der Waals surface area (Å²) >= 11 is 0. The maximum absolute atomic E-state index is 10.2. The number of anilines is 1. The molecule has 0 spiro atoms. The van der Waals surface area contributed by atoms with Crippen LogP contribution in [0.5, 0.6) is 5.75 Å². The van der Waals surface area contributed by atoms with Gasteiger partial charge in [-0.1, -0.05) is 54.1 Å². The largest absolute Gasteiger partial charge is 0.497 e. The Morgan fingerprint density at radius 1 is 0.933 bits per heavy atom. The fourth-order valence-corrected chi connectivity index (χ4v) is 4.86. The molecule has 0 saturated carbocycles. The lowest BCUT2D eigenvalue weighted by Gasteiger charge is -2.33. The fraction of sp³-hybridized carbons (Fsp3) is 0.222. The van der Waals surface area contributed by atoms with E-state index < -0.39 is 0 Å². The first-order valence-electron chi connectivity index (χ1n) is 10.1. The van der Waals surface area contributed by atoms with E-state index in [9.17, 15) is 5.26 Å². The van der Waals surface area contributed by atoms with Crippen LogP contribution in [-0.4, -0.2) is 14.2 Å². The quantitative estimate of drug-likeness (QED) is 0.525. The lowest BCUT2D eigenvalue weighted by atomic mass is 9.94. The number of rotatable bonds is 4. The normalized spacial score (nSPS) is 15.0. The molecule has 30 heavy (non-hydrogen) atoms. The highest BCUT2D eigenvalue weighted by Gasteiger charge is 2.36. The highest BCUT2D eigenvalue weighted by atomic mass is 16.5. The van der Waals surface area contributed by atoms with Crippen LogP contribution in [0.25, 0.3) is 11.1 Å². The molecular weight excluding hydrogens is 368 g/mol. The number of aryl methyl sites for hydroxylation is 3. The maximum Gasteiger partial charge on any atom is 0.119 e. The van der Waals surface area contributed by atoms with E-state index in [2.05, 4.69) is 69.1 Å². The van der Waals surface area contributed by atoms with Crippen LogP contribution in [0.1, 0.15) is 39.4 Å². The fourth-order valence-electron chi connectivity index (χ4n) is 4.86. The molecule has 0 fully saturated rings. The van der Waals surface area contributed by atoms with Gasteiger partial charge in [0.25, 0.3) is 0 Å². The van der Waals surface area contributed by atoms with E-state index in [1.807, 2.05) is 30.3 Å². The number of likely N-dealkylation sites (N-methyl/N-ethyl adjacent to an activating group) is 1. The molecule has 3 aromatic carbocycles. The third-order valence-corrected chi connectivity index (χ3v) is 5.94. The highest BCUT2D eigenvalue weighted by molar-refractivity contribution is 6.06. The molecule has 0 N–H and O–H groups in total. The number of methoxy groups -OCH3 is 1. The summed E-state index contributed by atoms with van der Waals surface area (Å²) in [5, 5.41) is 10.2. The Kier molecular flexibility index (Phi) is 5.10. The van der Waals surface area contributed by atoms with Gasteiger partial charge in [-0.05, 0) is 55.2 Å². The smallest absolute Gasteiger partial charge is 0.119 e. The van der Waals surface area contributed by atoms with Gasteiger partial charge < -0.3 is 9.64 Å². The van der Waals surface area contributed by atoms with Gasteiger partial charge in [-0.3, -0.25) is 0 Å². The number of fused-ring (bicyclic) bond motifs is 1. The number of hydrogen-bond acceptors (Lipinski definition) is 3. The molecule has 0 aliphatic heterocycles. The van der Waals surface area contributed by atoms with Gasteiger partial charge in [-0.25, -0.2) is 0 Å². The van der Waals surface area contributed by atoms with Crippen LogP contribution in [0.2, 0.25) is 0 Å². The molecule has 3 nitrogen and oxygen atoms in total. The minimum absolute atomic E-state index is 0.0527. The average Bonchev–Trinajstić information content (AvgIpc) is 3.06. The SMILES string of the molecule is COc1ccc2c(c1)C(C#N)=C(c1ccccc1)C2N(C)c1c(C)cc(C)cc1C. The van der Waals surface area contributed by atoms with Crippen molar-refractivity contribution in [3.05, 3.63) is 94.0 Å². The summed E-state index contributed by atoms with van der Waals surface area (Å²) in [6.45, 7) is 6.45. The average molecular weight is 395 g/mol. The van der Waals surface area contributed by atoms with E-state index in [1.165, 1.54) is 22.4 Å². The predicted molar refractivity (Wildman–Crippen MR) is 124 cm³/mol. The molecule has 3 heteroatoms. The summed E-state index contributed by atoms with van der Waals surface area (Å²) in [5.41, 5.74) is 9.87. The molecule has 0 aromatic heterocycles. The second kappa shape index (κ2) is 7.72. The Balaban J connectivity index is 1.98. The van der Waals surface area contributed by atoms with Crippen molar-refractivity contribution in [3.63, 3.8) is 0 Å². The molecule has 150 valence electrons. The van der Waals surface area contributed by atoms with Gasteiger partial charge >= 0.3 is 0 Å². The van der Waals surface area contributed by atoms with Crippen molar-refractivity contribution in [1.82, 2.24) is 0 Å². The van der Waals surface area contributed by atoms with Crippen molar-refractivity contribution in [3.8, 4) is 11.8 Å². The van der Waals surface area contributed by atoms with Crippen molar-refractivity contribution in [2.75, 3.05) is 19.1 Å². The Morgan fingerprint density at radius 3 is 2.20 bits per heavy atom. The molecule has 0 bridgehead atoms. The highest BCUT2D eigenvalue weighted by Crippen LogP contribution is 2.50. The number of hydrogen-bond donors (Lipinski definition) is 0. The van der Waals surface area contributed by atoms with Gasteiger partial charge in [0, 0.05) is 23.9 Å². The van der Waals surface area contributed by atoms with Crippen molar-refractivity contribution in [2.45, 2.75) is 26.8 Å². The number of nitrogens with zero attached hydrogens (tertiary/aromatic N) is 2. The van der Waals surface area contributed by atoms with Crippen LogP contribution in [0.3, 0.4) is 0 Å². The zero-order valence-electron chi connectivity index (χ0n) is 18.2. The van der Waals surface area contributed by atoms with Gasteiger partial charge in [0.05, 0.1) is 18.7 Å². The third kappa shape index (κ3) is 3.15. The molecule has 0 saturated heterocycles. The minimum atomic E-state index is -0.0527. The molecule has 3 aromatic rings. The molecule has 0 radical (unpaired) electrons. The first-order valence-corrected chi connectivity index (χ1v) is 10.1. The van der Waals surface area contributed by atoms with E-state index in [0.29, 0.717) is 0 Å². The van der Waals surface area contributed by atoms with E-state index in [-0.39, 0.29) is 6.04 Å². The summed E-state index contributed by atoms with van der Waals surface area (Å²) in [5.74, 6) is 0.764. The van der Waals surface area contributed by atoms with Crippen LogP contribution in [0.4, 0.5) is 5.69 Å². The van der Waals surface area contributed by atoms with Crippen LogP contribution < -0.4 is 9.64 Å². The van der Waals surface area contributed by atoms with Gasteiger partial charge in [0.2, 0.25) is 0 Å². The van der Waals surface area contributed by atoms with Crippen molar-refractivity contribution in [2.24, 2.45) is 0 Å². The molecular formula is C27H26N2O. The Hall–Kier alpha value is -3.51. The van der Waals surface area contributed by atoms with Gasteiger partial charge in [-0.2, -0.15) is 5.26 Å². The third-order valence-electron chi connectivity index (χ3n) is 5.94. The first kappa shape index (κ1) is 19.8. The van der Waals surface area contributed by atoms with Crippen LogP contribution in [0, 0.1) is 32.1 Å². The summed E-state index contributed by atoms with van der Waals surface area (Å²) in [7, 11) is 3.79. The zero-order chi connectivity index (χ0) is 21.4. The molecule has 1 aliphatic carbocycles. The number of nitriles is 1. The molecule has 1 aliphatic rings. The summed E-state index contributed by atoms with van der Waals surface area (Å²) in [6.07, 6.45) is 0. The lowest BCUT2D eigenvalue weighted by Crippen LogP contribution is -2.25. The van der Waals surface area contributed by atoms with E-state index in [0.717, 1.165) is 33.6 Å². The topological polar surface area (TPSA) is 36.3 Å². The lowest BCUT2D eigenvalue weighted by molar-refractivity contribution is 0.414. The van der Waals surface area contributed by atoms with E-state index in [1.54, 1.807) is 7.11 Å². The summed E-state index contributed by atoms with van der Waals surface area (Å²) in [6, 6.07) is 23.2. The Morgan fingerprint density at radius 2 is 1.60 bits per heavy atom. The second-order valence-corrected chi connectivity index (χ2v) is 7.98. The predicted octanol–water partition coefficient (Wildman–Crippen LogP) is 6.25. The minimum Gasteiger partial charge on any atom is -0.497 e. The molecule has 1 unspecified atom stereocenters. The first-order chi connectivity index (χ1) is 14.5. The van der Waals surface area contributed by atoms with Crippen molar-refractivity contribution >= 4 is 16.8 Å². The number of allylic oxidation sites excluding steroid dienone is 1. The van der Waals surface area contributed by atoms with Crippen LogP contribution in [0.15, 0.2) is 60.7 Å². The monoisotopic (exact) mass is 394 g/mol. The number of benzene rings is 3. The van der Waals surface area contributed by atoms with Gasteiger partial charge in [-0.15, -0.1) is 0 Å². The van der Waals surface area contributed by atoms with Crippen LogP contribution in [-0.2, 0) is 0 Å².